The number of hydrogen-bond acceptors (Lipinski definition) is 2. The number of nitrogens with zero attached hydrogens (tertiary/aromatic N) is 2. The molecule has 0 N–H and O–H groups in total. The lowest BCUT2D eigenvalue weighted by molar-refractivity contribution is -0.111. The van der Waals surface area contributed by atoms with E-state index >= 15 is 0 Å². The average molecular weight is 258 g/mol. The molecule has 0 aromatic heterocycles. The van der Waals surface area contributed by atoms with Crippen LogP contribution < -0.4 is 4.90 Å². The fraction of sp³-hybridized carbons (Fsp3) is 0.400. The molecular weight excluding hydrogens is 240 g/mol. The van der Waals surface area contributed by atoms with Gasteiger partial charge in [-0.2, -0.15) is 4.99 Å². The molecule has 0 fully saturated rings. The lowest BCUT2D eigenvalue weighted by Gasteiger charge is -2.21. The Morgan fingerprint density at radius 3 is 2.21 bits per heavy atom. The first-order valence-electron chi connectivity index (χ1n) is 6.29. The zero-order valence-electron chi connectivity index (χ0n) is 11.7. The van der Waals surface area contributed by atoms with E-state index in [9.17, 15) is 9.59 Å². The molecule has 0 atom stereocenters. The average Bonchev–Trinajstić information content (AvgIpc) is 2.70. The second kappa shape index (κ2) is 4.61. The highest BCUT2D eigenvalue weighted by atomic mass is 16.2. The van der Waals surface area contributed by atoms with E-state index in [1.807, 2.05) is 24.3 Å². The first kappa shape index (κ1) is 13.5. The van der Waals surface area contributed by atoms with Crippen LogP contribution in [-0.2, 0) is 10.2 Å². The minimum atomic E-state index is -0.367. The molecule has 2 rings (SSSR count). The normalized spacial score (nSPS) is 15.7. The third-order valence-electron chi connectivity index (χ3n) is 3.22. The number of ketones is 1. The van der Waals surface area contributed by atoms with Crippen LogP contribution in [0.1, 0.15) is 33.3 Å². The number of Topliss-reactive ketones (excluding diaryl/α,β-unsaturated/α-hetero) is 1. The Bertz CT molecular complexity index is 551. The molecule has 100 valence electrons. The fourth-order valence-corrected chi connectivity index (χ4v) is 1.96. The van der Waals surface area contributed by atoms with Crippen molar-refractivity contribution in [1.82, 2.24) is 0 Å². The van der Waals surface area contributed by atoms with Crippen LogP contribution in [0.4, 0.5) is 10.5 Å². The summed E-state index contributed by atoms with van der Waals surface area (Å²) >= 11 is 0. The van der Waals surface area contributed by atoms with E-state index in [0.29, 0.717) is 5.71 Å². The maximum Gasteiger partial charge on any atom is 0.348 e. The summed E-state index contributed by atoms with van der Waals surface area (Å²) in [6.45, 7) is 8.11. The fourth-order valence-electron chi connectivity index (χ4n) is 1.96. The zero-order chi connectivity index (χ0) is 14.2. The van der Waals surface area contributed by atoms with Crippen molar-refractivity contribution in [2.45, 2.75) is 33.1 Å². The lowest BCUT2D eigenvalue weighted by atomic mass is 9.87. The van der Waals surface area contributed by atoms with Gasteiger partial charge in [0.15, 0.2) is 5.78 Å². The first-order valence-corrected chi connectivity index (χ1v) is 6.29. The van der Waals surface area contributed by atoms with Gasteiger partial charge in [0, 0.05) is 12.6 Å². The van der Waals surface area contributed by atoms with Crippen LogP contribution in [0.15, 0.2) is 29.3 Å². The van der Waals surface area contributed by atoms with Gasteiger partial charge in [0.2, 0.25) is 0 Å². The van der Waals surface area contributed by atoms with E-state index in [-0.39, 0.29) is 23.8 Å². The van der Waals surface area contributed by atoms with Crippen LogP contribution >= 0.6 is 0 Å². The maximum absolute atomic E-state index is 11.8. The summed E-state index contributed by atoms with van der Waals surface area (Å²) in [6.07, 6.45) is 0. The third-order valence-corrected chi connectivity index (χ3v) is 3.22. The highest BCUT2D eigenvalue weighted by molar-refractivity contribution is 6.44. The van der Waals surface area contributed by atoms with Crippen molar-refractivity contribution in [3.63, 3.8) is 0 Å². The Balaban J connectivity index is 2.21. The first-order chi connectivity index (χ1) is 8.79. The quantitative estimate of drug-likeness (QED) is 0.818. The topological polar surface area (TPSA) is 49.7 Å². The molecule has 4 nitrogen and oxygen atoms in total. The van der Waals surface area contributed by atoms with E-state index in [1.54, 1.807) is 0 Å². The molecule has 1 aromatic carbocycles. The molecule has 2 amide bonds. The van der Waals surface area contributed by atoms with Gasteiger partial charge in [-0.15, -0.1) is 0 Å². The van der Waals surface area contributed by atoms with Crippen LogP contribution in [0, 0.1) is 0 Å². The Morgan fingerprint density at radius 2 is 1.79 bits per heavy atom. The van der Waals surface area contributed by atoms with E-state index in [1.165, 1.54) is 17.4 Å². The highest BCUT2D eigenvalue weighted by Gasteiger charge is 2.27. The van der Waals surface area contributed by atoms with Crippen LogP contribution in [0.3, 0.4) is 0 Å². The number of amides is 2. The van der Waals surface area contributed by atoms with Crippen molar-refractivity contribution in [3.05, 3.63) is 29.8 Å². The molecule has 4 heteroatoms. The van der Waals surface area contributed by atoms with E-state index < -0.39 is 0 Å². The monoisotopic (exact) mass is 258 g/mol. The molecule has 0 radical (unpaired) electrons. The molecule has 1 aliphatic rings. The van der Waals surface area contributed by atoms with Gasteiger partial charge in [-0.05, 0) is 23.1 Å². The van der Waals surface area contributed by atoms with Gasteiger partial charge in [-0.3, -0.25) is 9.69 Å². The zero-order valence-corrected chi connectivity index (χ0v) is 11.7. The molecule has 1 heterocycles. The summed E-state index contributed by atoms with van der Waals surface area (Å²) < 4.78 is 0. The minimum absolute atomic E-state index is 0.0780. The van der Waals surface area contributed by atoms with Crippen LogP contribution in [-0.4, -0.2) is 24.1 Å². The van der Waals surface area contributed by atoms with Crippen LogP contribution in [0.2, 0.25) is 0 Å². The Labute approximate surface area is 113 Å². The van der Waals surface area contributed by atoms with Gasteiger partial charge in [-0.1, -0.05) is 32.9 Å². The number of carbonyl (C=O) groups excluding carboxylic acids is 2. The number of rotatable bonds is 2. The van der Waals surface area contributed by atoms with Gasteiger partial charge in [0.05, 0.1) is 6.54 Å². The number of anilines is 1. The number of aliphatic imine (C=N–C) groups is 1. The van der Waals surface area contributed by atoms with Gasteiger partial charge >= 0.3 is 6.03 Å². The minimum Gasteiger partial charge on any atom is -0.293 e. The maximum atomic E-state index is 11.8. The molecular formula is C15H18N2O2. The Hall–Kier alpha value is -1.97. The molecule has 1 aromatic rings. The summed E-state index contributed by atoms with van der Waals surface area (Å²) in [5.41, 5.74) is 2.38. The molecule has 0 spiro atoms. The van der Waals surface area contributed by atoms with Gasteiger partial charge < -0.3 is 0 Å². The smallest absolute Gasteiger partial charge is 0.293 e. The third kappa shape index (κ3) is 2.72. The van der Waals surface area contributed by atoms with Crippen molar-refractivity contribution >= 4 is 23.2 Å². The Morgan fingerprint density at radius 1 is 1.21 bits per heavy atom. The summed E-state index contributed by atoms with van der Waals surface area (Å²) in [5, 5.41) is 0. The van der Waals surface area contributed by atoms with E-state index in [2.05, 4.69) is 25.8 Å². The largest absolute Gasteiger partial charge is 0.348 e. The molecule has 0 bridgehead atoms. The van der Waals surface area contributed by atoms with E-state index in [0.717, 1.165) is 5.69 Å². The van der Waals surface area contributed by atoms with Gasteiger partial charge in [0.25, 0.3) is 0 Å². The predicted molar refractivity (Wildman–Crippen MR) is 76.0 cm³/mol. The van der Waals surface area contributed by atoms with E-state index in [4.69, 9.17) is 0 Å². The summed E-state index contributed by atoms with van der Waals surface area (Å²) in [6, 6.07) is 7.45. The second-order valence-electron chi connectivity index (χ2n) is 5.78. The summed E-state index contributed by atoms with van der Waals surface area (Å²) in [7, 11) is 0. The summed E-state index contributed by atoms with van der Waals surface area (Å²) in [5.74, 6) is -0.151. The van der Waals surface area contributed by atoms with Crippen molar-refractivity contribution in [2.75, 3.05) is 11.4 Å². The van der Waals surface area contributed by atoms with Crippen molar-refractivity contribution < 1.29 is 9.59 Å². The van der Waals surface area contributed by atoms with Gasteiger partial charge in [0.1, 0.15) is 5.71 Å². The molecule has 0 aliphatic carbocycles. The Kier molecular flexibility index (Phi) is 3.27. The lowest BCUT2D eigenvalue weighted by Crippen LogP contribution is -2.27. The highest BCUT2D eigenvalue weighted by Crippen LogP contribution is 2.26. The number of urea groups is 1. The number of benzene rings is 1. The van der Waals surface area contributed by atoms with Crippen LogP contribution in [0.5, 0.6) is 0 Å². The predicted octanol–water partition coefficient (Wildman–Crippen LogP) is 2.95. The second-order valence-corrected chi connectivity index (χ2v) is 5.78. The van der Waals surface area contributed by atoms with Crippen LogP contribution in [0.25, 0.3) is 0 Å². The molecule has 0 saturated heterocycles. The molecule has 19 heavy (non-hydrogen) atoms. The summed E-state index contributed by atoms with van der Waals surface area (Å²) in [4.78, 5) is 28.3. The van der Waals surface area contributed by atoms with Crippen molar-refractivity contribution in [3.8, 4) is 0 Å². The number of carbonyl (C=O) groups is 2. The standard InChI is InChI=1S/C15H18N2O2/c1-10(18)13-9-17(14(19)16-13)12-7-5-11(6-8-12)15(2,3)4/h5-8H,9H2,1-4H3. The molecule has 0 saturated carbocycles. The number of hydrogen-bond donors (Lipinski definition) is 0. The van der Waals surface area contributed by atoms with Crippen molar-refractivity contribution in [1.29, 1.82) is 0 Å². The molecule has 0 unspecified atom stereocenters. The van der Waals surface area contributed by atoms with Gasteiger partial charge in [-0.25, -0.2) is 4.79 Å². The SMILES string of the molecule is CC(=O)C1=NC(=O)N(c2ccc(C(C)(C)C)cc2)C1. The van der Waals surface area contributed by atoms with Crippen molar-refractivity contribution in [2.24, 2.45) is 4.99 Å². The molecule has 1 aliphatic heterocycles.